The third kappa shape index (κ3) is 6.70. The number of benzene rings is 3. The molecule has 4 rings (SSSR count). The van der Waals surface area contributed by atoms with Crippen LogP contribution in [0.4, 0.5) is 0 Å². The van der Waals surface area contributed by atoms with Crippen LogP contribution in [0, 0.1) is 0 Å². The van der Waals surface area contributed by atoms with E-state index in [0.29, 0.717) is 44.6 Å². The number of likely N-dealkylation sites (tertiary alicyclic amines) is 1. The highest BCUT2D eigenvalue weighted by Gasteiger charge is 2.43. The summed E-state index contributed by atoms with van der Waals surface area (Å²) in [5.41, 5.74) is 0.962. The minimum absolute atomic E-state index is 0.0387. The number of ether oxygens (including phenoxy) is 1. The Balaban J connectivity index is 1.55. The summed E-state index contributed by atoms with van der Waals surface area (Å²) in [6.07, 6.45) is 3.74. The number of aliphatic hydroxyl groups excluding tert-OH is 1. The predicted octanol–water partition coefficient (Wildman–Crippen LogP) is 4.63. The summed E-state index contributed by atoms with van der Waals surface area (Å²) >= 11 is 0. The SMILES string of the molecule is CCCCNC(=O)C(CCN1CCC(O)(c2ccccc2OCCO)CC1)(c1ccccc1)c1ccccc1. The molecular formula is C33H42N2O4. The van der Waals surface area contributed by atoms with Crippen molar-refractivity contribution in [3.8, 4) is 5.75 Å². The number of piperidine rings is 1. The van der Waals surface area contributed by atoms with Crippen LogP contribution in [0.5, 0.6) is 5.75 Å². The van der Waals surface area contributed by atoms with Crippen molar-refractivity contribution in [3.63, 3.8) is 0 Å². The molecule has 0 atom stereocenters. The molecule has 1 heterocycles. The predicted molar refractivity (Wildman–Crippen MR) is 155 cm³/mol. The Morgan fingerprint density at radius 3 is 2.13 bits per heavy atom. The van der Waals surface area contributed by atoms with Gasteiger partial charge in [0.25, 0.3) is 0 Å². The number of hydrogen-bond donors (Lipinski definition) is 3. The van der Waals surface area contributed by atoms with Crippen LogP contribution in [0.15, 0.2) is 84.9 Å². The third-order valence-electron chi connectivity index (χ3n) is 7.96. The van der Waals surface area contributed by atoms with Gasteiger partial charge < -0.3 is 25.2 Å². The minimum Gasteiger partial charge on any atom is -0.491 e. The second-order valence-electron chi connectivity index (χ2n) is 10.4. The fraction of sp³-hybridized carbons (Fsp3) is 0.424. The highest BCUT2D eigenvalue weighted by Crippen LogP contribution is 2.40. The summed E-state index contributed by atoms with van der Waals surface area (Å²) < 4.78 is 5.72. The van der Waals surface area contributed by atoms with Crippen LogP contribution < -0.4 is 10.1 Å². The van der Waals surface area contributed by atoms with Gasteiger partial charge in [-0.1, -0.05) is 92.2 Å². The van der Waals surface area contributed by atoms with Crippen molar-refractivity contribution in [1.82, 2.24) is 10.2 Å². The molecular weight excluding hydrogens is 488 g/mol. The summed E-state index contributed by atoms with van der Waals surface area (Å²) in [6, 6.07) is 27.8. The first-order valence-electron chi connectivity index (χ1n) is 14.2. The van der Waals surface area contributed by atoms with Gasteiger partial charge in [0.05, 0.1) is 12.2 Å². The Bertz CT molecular complexity index is 1120. The van der Waals surface area contributed by atoms with Gasteiger partial charge in [0.15, 0.2) is 0 Å². The van der Waals surface area contributed by atoms with Gasteiger partial charge in [0.2, 0.25) is 5.91 Å². The number of nitrogens with zero attached hydrogens (tertiary/aromatic N) is 1. The van der Waals surface area contributed by atoms with Gasteiger partial charge >= 0.3 is 0 Å². The highest BCUT2D eigenvalue weighted by molar-refractivity contribution is 5.92. The summed E-state index contributed by atoms with van der Waals surface area (Å²) in [7, 11) is 0. The van der Waals surface area contributed by atoms with Gasteiger partial charge in [-0.2, -0.15) is 0 Å². The largest absolute Gasteiger partial charge is 0.491 e. The Hall–Kier alpha value is -3.19. The van der Waals surface area contributed by atoms with E-state index in [1.54, 1.807) is 0 Å². The second-order valence-corrected chi connectivity index (χ2v) is 10.4. The lowest BCUT2D eigenvalue weighted by Gasteiger charge is -2.41. The minimum atomic E-state index is -0.990. The first-order chi connectivity index (χ1) is 19.0. The Morgan fingerprint density at radius 1 is 0.949 bits per heavy atom. The van der Waals surface area contributed by atoms with Crippen molar-refractivity contribution in [2.75, 3.05) is 39.4 Å². The number of unbranched alkanes of at least 4 members (excludes halogenated alkanes) is 1. The fourth-order valence-corrected chi connectivity index (χ4v) is 5.68. The molecule has 1 amide bonds. The van der Waals surface area contributed by atoms with E-state index in [4.69, 9.17) is 4.74 Å². The number of nitrogens with one attached hydrogen (secondary N) is 1. The molecule has 1 aliphatic heterocycles. The zero-order valence-electron chi connectivity index (χ0n) is 23.0. The molecule has 6 nitrogen and oxygen atoms in total. The Morgan fingerprint density at radius 2 is 1.54 bits per heavy atom. The normalized spacial score (nSPS) is 15.6. The lowest BCUT2D eigenvalue weighted by molar-refractivity contribution is -0.125. The molecule has 0 aromatic heterocycles. The van der Waals surface area contributed by atoms with E-state index in [1.165, 1.54) is 0 Å². The average molecular weight is 531 g/mol. The fourth-order valence-electron chi connectivity index (χ4n) is 5.68. The van der Waals surface area contributed by atoms with E-state index in [-0.39, 0.29) is 19.1 Å². The smallest absolute Gasteiger partial charge is 0.235 e. The Labute approximate surface area is 232 Å². The number of hydrogen-bond acceptors (Lipinski definition) is 5. The van der Waals surface area contributed by atoms with Gasteiger partial charge in [-0.15, -0.1) is 0 Å². The Kier molecular flexibility index (Phi) is 10.2. The topological polar surface area (TPSA) is 82.0 Å². The van der Waals surface area contributed by atoms with Gasteiger partial charge in [0.1, 0.15) is 17.8 Å². The first kappa shape index (κ1) is 28.8. The zero-order chi connectivity index (χ0) is 27.6. The molecule has 0 spiro atoms. The van der Waals surface area contributed by atoms with Gasteiger partial charge in [0, 0.05) is 25.2 Å². The monoisotopic (exact) mass is 530 g/mol. The maximum Gasteiger partial charge on any atom is 0.235 e. The molecule has 0 aliphatic carbocycles. The molecule has 1 fully saturated rings. The number of aliphatic hydroxyl groups is 2. The molecule has 6 heteroatoms. The molecule has 0 saturated carbocycles. The highest BCUT2D eigenvalue weighted by atomic mass is 16.5. The van der Waals surface area contributed by atoms with Gasteiger partial charge in [-0.3, -0.25) is 4.79 Å². The van der Waals surface area contributed by atoms with E-state index in [1.807, 2.05) is 60.7 Å². The van der Waals surface area contributed by atoms with E-state index in [2.05, 4.69) is 41.4 Å². The second kappa shape index (κ2) is 13.7. The van der Waals surface area contributed by atoms with Crippen LogP contribution in [0.3, 0.4) is 0 Å². The van der Waals surface area contributed by atoms with Crippen molar-refractivity contribution in [3.05, 3.63) is 102 Å². The third-order valence-corrected chi connectivity index (χ3v) is 7.96. The number of carbonyl (C=O) groups is 1. The zero-order valence-corrected chi connectivity index (χ0v) is 23.0. The van der Waals surface area contributed by atoms with Crippen LogP contribution in [0.2, 0.25) is 0 Å². The van der Waals surface area contributed by atoms with E-state index < -0.39 is 11.0 Å². The van der Waals surface area contributed by atoms with Crippen molar-refractivity contribution < 1.29 is 19.7 Å². The molecule has 208 valence electrons. The quantitative estimate of drug-likeness (QED) is 0.281. The van der Waals surface area contributed by atoms with Gasteiger partial charge in [-0.05, 0) is 49.4 Å². The summed E-state index contributed by atoms with van der Waals surface area (Å²) in [4.78, 5) is 16.4. The summed E-state index contributed by atoms with van der Waals surface area (Å²) in [5.74, 6) is 0.662. The molecule has 1 aliphatic rings. The molecule has 0 radical (unpaired) electrons. The summed E-state index contributed by atoms with van der Waals surface area (Å²) in [5, 5.41) is 24.0. The molecule has 0 unspecified atom stereocenters. The van der Waals surface area contributed by atoms with E-state index in [0.717, 1.165) is 36.1 Å². The maximum absolute atomic E-state index is 14.0. The van der Waals surface area contributed by atoms with Crippen molar-refractivity contribution in [2.45, 2.75) is 50.0 Å². The van der Waals surface area contributed by atoms with Crippen LogP contribution in [0.25, 0.3) is 0 Å². The number of rotatable bonds is 13. The standard InChI is InChI=1S/C33H42N2O4/c1-2-3-21-34-31(37)33(27-12-6-4-7-13-27,28-14-8-5-9-15-28)20-24-35-22-18-32(38,19-23-35)29-16-10-11-17-30(29)39-26-25-36/h4-17,36,38H,2-3,18-26H2,1H3,(H,34,37). The van der Waals surface area contributed by atoms with Gasteiger partial charge in [-0.25, -0.2) is 0 Å². The molecule has 39 heavy (non-hydrogen) atoms. The molecule has 3 aromatic rings. The molecule has 0 bridgehead atoms. The average Bonchev–Trinajstić information content (AvgIpc) is 2.99. The number of amides is 1. The van der Waals surface area contributed by atoms with E-state index in [9.17, 15) is 15.0 Å². The van der Waals surface area contributed by atoms with Crippen LogP contribution in [-0.2, 0) is 15.8 Å². The van der Waals surface area contributed by atoms with E-state index >= 15 is 0 Å². The lowest BCUT2D eigenvalue weighted by Crippen LogP contribution is -2.49. The number of carbonyl (C=O) groups excluding carboxylic acids is 1. The van der Waals surface area contributed by atoms with Crippen molar-refractivity contribution >= 4 is 5.91 Å². The molecule has 3 N–H and O–H groups in total. The van der Waals surface area contributed by atoms with Crippen LogP contribution >= 0.6 is 0 Å². The maximum atomic E-state index is 14.0. The van der Waals surface area contributed by atoms with Crippen molar-refractivity contribution in [1.29, 1.82) is 0 Å². The van der Waals surface area contributed by atoms with Crippen LogP contribution in [-0.4, -0.2) is 60.4 Å². The van der Waals surface area contributed by atoms with Crippen molar-refractivity contribution in [2.24, 2.45) is 0 Å². The number of para-hydroxylation sites is 1. The molecule has 3 aromatic carbocycles. The van der Waals surface area contributed by atoms with Crippen LogP contribution in [0.1, 0.15) is 55.7 Å². The molecule has 1 saturated heterocycles. The first-order valence-corrected chi connectivity index (χ1v) is 14.2. The lowest BCUT2D eigenvalue weighted by atomic mass is 9.71. The summed E-state index contributed by atoms with van der Waals surface area (Å²) in [6.45, 7) is 5.05.